The summed E-state index contributed by atoms with van der Waals surface area (Å²) in [6.07, 6.45) is 2.08. The normalized spacial score (nSPS) is 21.5. The highest BCUT2D eigenvalue weighted by molar-refractivity contribution is 7.86. The van der Waals surface area contributed by atoms with E-state index in [2.05, 4.69) is 0 Å². The van der Waals surface area contributed by atoms with Gasteiger partial charge in [-0.1, -0.05) is 13.8 Å². The van der Waals surface area contributed by atoms with E-state index >= 15 is 0 Å². The zero-order chi connectivity index (χ0) is 10.3. The van der Waals surface area contributed by atoms with Crippen LogP contribution in [0, 0.1) is 11.3 Å². The smallest absolute Gasteiger partial charge is 0.302 e. The average Bonchev–Trinajstić information content (AvgIpc) is 2.60. The molecule has 1 unspecified atom stereocenters. The Morgan fingerprint density at radius 3 is 2.31 bits per heavy atom. The molecule has 0 amide bonds. The van der Waals surface area contributed by atoms with E-state index < -0.39 is 21.4 Å². The molecular formula is C8H16FNO2S. The number of hydrogen-bond acceptors (Lipinski definition) is 3. The molecule has 0 aliphatic heterocycles. The molecule has 0 aromatic rings. The quantitative estimate of drug-likeness (QED) is 0.704. The van der Waals surface area contributed by atoms with Crippen LogP contribution in [0.3, 0.4) is 0 Å². The fraction of sp³-hybridized carbons (Fsp3) is 1.00. The van der Waals surface area contributed by atoms with Gasteiger partial charge in [0.1, 0.15) is 0 Å². The van der Waals surface area contributed by atoms with Gasteiger partial charge in [0, 0.05) is 6.04 Å². The molecule has 0 heterocycles. The molecule has 0 spiro atoms. The van der Waals surface area contributed by atoms with Gasteiger partial charge in [0.2, 0.25) is 0 Å². The van der Waals surface area contributed by atoms with Crippen LogP contribution >= 0.6 is 0 Å². The lowest BCUT2D eigenvalue weighted by atomic mass is 9.84. The molecule has 0 saturated heterocycles. The first-order valence-electron chi connectivity index (χ1n) is 4.40. The molecule has 0 aromatic carbocycles. The molecule has 3 nitrogen and oxygen atoms in total. The standard InChI is InChI=1S/C8H16FNO2S/c1-8(2,5-13(9,11)12)7(10)6-3-4-6/h6-7H,3-5,10H2,1-2H3. The van der Waals surface area contributed by atoms with E-state index in [1.807, 2.05) is 0 Å². The molecule has 1 aliphatic carbocycles. The molecule has 2 N–H and O–H groups in total. The van der Waals surface area contributed by atoms with Crippen molar-refractivity contribution in [2.45, 2.75) is 32.7 Å². The minimum atomic E-state index is -4.41. The van der Waals surface area contributed by atoms with Gasteiger partial charge in [-0.3, -0.25) is 0 Å². The van der Waals surface area contributed by atoms with Gasteiger partial charge in [0.05, 0.1) is 5.75 Å². The molecule has 78 valence electrons. The van der Waals surface area contributed by atoms with Crippen LogP contribution in [0.2, 0.25) is 0 Å². The SMILES string of the molecule is CC(C)(CS(=O)(=O)F)C(N)C1CC1. The van der Waals surface area contributed by atoms with Crippen LogP contribution in [0.5, 0.6) is 0 Å². The Kier molecular flexibility index (Phi) is 2.69. The summed E-state index contributed by atoms with van der Waals surface area (Å²) >= 11 is 0. The molecule has 1 rings (SSSR count). The third-order valence-corrected chi connectivity index (χ3v) is 3.67. The summed E-state index contributed by atoms with van der Waals surface area (Å²) in [5.41, 5.74) is 5.17. The van der Waals surface area contributed by atoms with Crippen LogP contribution in [0.25, 0.3) is 0 Å². The zero-order valence-electron chi connectivity index (χ0n) is 7.96. The van der Waals surface area contributed by atoms with Gasteiger partial charge in [-0.25, -0.2) is 0 Å². The van der Waals surface area contributed by atoms with Crippen LogP contribution in [-0.2, 0) is 10.2 Å². The second-order valence-corrected chi connectivity index (χ2v) is 5.90. The molecule has 1 saturated carbocycles. The molecular weight excluding hydrogens is 193 g/mol. The lowest BCUT2D eigenvalue weighted by molar-refractivity contribution is 0.292. The highest BCUT2D eigenvalue weighted by atomic mass is 32.3. The van der Waals surface area contributed by atoms with Crippen LogP contribution < -0.4 is 5.73 Å². The fourth-order valence-electron chi connectivity index (χ4n) is 1.63. The summed E-state index contributed by atoms with van der Waals surface area (Å²) in [6.45, 7) is 3.40. The van der Waals surface area contributed by atoms with E-state index in [1.54, 1.807) is 13.8 Å². The summed E-state index contributed by atoms with van der Waals surface area (Å²) in [7, 11) is -4.41. The minimum absolute atomic E-state index is 0.210. The second kappa shape index (κ2) is 3.20. The van der Waals surface area contributed by atoms with E-state index in [1.165, 1.54) is 0 Å². The first-order chi connectivity index (χ1) is 5.72. The van der Waals surface area contributed by atoms with Crippen molar-refractivity contribution in [3.05, 3.63) is 0 Å². The van der Waals surface area contributed by atoms with Crippen LogP contribution in [0.4, 0.5) is 3.89 Å². The maximum Gasteiger partial charge on any atom is 0.302 e. The summed E-state index contributed by atoms with van der Waals surface area (Å²) in [5, 5.41) is 0. The van der Waals surface area contributed by atoms with Crippen molar-refractivity contribution in [2.75, 3.05) is 5.75 Å². The van der Waals surface area contributed by atoms with Crippen molar-refractivity contribution in [3.63, 3.8) is 0 Å². The first kappa shape index (κ1) is 10.9. The Hall–Kier alpha value is -0.160. The van der Waals surface area contributed by atoms with Crippen LogP contribution in [-0.4, -0.2) is 20.2 Å². The van der Waals surface area contributed by atoms with Crippen LogP contribution in [0.15, 0.2) is 0 Å². The number of nitrogens with two attached hydrogens (primary N) is 1. The first-order valence-corrected chi connectivity index (χ1v) is 5.95. The highest BCUT2D eigenvalue weighted by Gasteiger charge is 2.41. The van der Waals surface area contributed by atoms with E-state index in [0.29, 0.717) is 5.92 Å². The van der Waals surface area contributed by atoms with Crippen molar-refractivity contribution < 1.29 is 12.3 Å². The summed E-state index contributed by atoms with van der Waals surface area (Å²) in [4.78, 5) is 0. The topological polar surface area (TPSA) is 60.2 Å². The van der Waals surface area contributed by atoms with Gasteiger partial charge in [-0.05, 0) is 24.2 Å². The third-order valence-electron chi connectivity index (χ3n) is 2.58. The van der Waals surface area contributed by atoms with E-state index in [0.717, 1.165) is 12.8 Å². The van der Waals surface area contributed by atoms with E-state index in [4.69, 9.17) is 5.73 Å². The Morgan fingerprint density at radius 1 is 1.54 bits per heavy atom. The third kappa shape index (κ3) is 3.23. The molecule has 1 aliphatic rings. The van der Waals surface area contributed by atoms with Crippen molar-refractivity contribution in [1.82, 2.24) is 0 Å². The van der Waals surface area contributed by atoms with Gasteiger partial charge in [-0.2, -0.15) is 8.42 Å². The molecule has 13 heavy (non-hydrogen) atoms. The Labute approximate surface area is 78.7 Å². The number of halogens is 1. The summed E-state index contributed by atoms with van der Waals surface area (Å²) in [6, 6.07) is -0.210. The van der Waals surface area contributed by atoms with E-state index in [-0.39, 0.29) is 6.04 Å². The zero-order valence-corrected chi connectivity index (χ0v) is 8.77. The minimum Gasteiger partial charge on any atom is -0.327 e. The largest absolute Gasteiger partial charge is 0.327 e. The lowest BCUT2D eigenvalue weighted by Gasteiger charge is -2.29. The molecule has 0 bridgehead atoms. The summed E-state index contributed by atoms with van der Waals surface area (Å²) < 4.78 is 33.4. The van der Waals surface area contributed by atoms with Crippen molar-refractivity contribution in [3.8, 4) is 0 Å². The maximum atomic E-state index is 12.4. The van der Waals surface area contributed by atoms with Gasteiger partial charge < -0.3 is 5.73 Å². The van der Waals surface area contributed by atoms with Crippen molar-refractivity contribution >= 4 is 10.2 Å². The van der Waals surface area contributed by atoms with Gasteiger partial charge in [0.15, 0.2) is 0 Å². The molecule has 5 heteroatoms. The highest BCUT2D eigenvalue weighted by Crippen LogP contribution is 2.39. The second-order valence-electron chi connectivity index (χ2n) is 4.53. The number of rotatable bonds is 4. The van der Waals surface area contributed by atoms with Crippen molar-refractivity contribution in [1.29, 1.82) is 0 Å². The van der Waals surface area contributed by atoms with Gasteiger partial charge >= 0.3 is 10.2 Å². The predicted octanol–water partition coefficient (Wildman–Crippen LogP) is 1.05. The van der Waals surface area contributed by atoms with Gasteiger partial charge in [0.25, 0.3) is 0 Å². The Morgan fingerprint density at radius 2 is 2.00 bits per heavy atom. The van der Waals surface area contributed by atoms with E-state index in [9.17, 15) is 12.3 Å². The van der Waals surface area contributed by atoms with Crippen molar-refractivity contribution in [2.24, 2.45) is 17.1 Å². The number of hydrogen-bond donors (Lipinski definition) is 1. The Bertz CT molecular complexity index is 283. The van der Waals surface area contributed by atoms with Gasteiger partial charge in [-0.15, -0.1) is 3.89 Å². The summed E-state index contributed by atoms with van der Waals surface area (Å²) in [5.74, 6) is -0.0887. The molecule has 0 radical (unpaired) electrons. The lowest BCUT2D eigenvalue weighted by Crippen LogP contribution is -2.43. The molecule has 1 fully saturated rings. The molecule has 1 atom stereocenters. The predicted molar refractivity (Wildman–Crippen MR) is 49.4 cm³/mol. The fourth-order valence-corrected chi connectivity index (χ4v) is 2.72. The Balaban J connectivity index is 2.63. The molecule has 0 aromatic heterocycles. The maximum absolute atomic E-state index is 12.4. The average molecular weight is 209 g/mol. The van der Waals surface area contributed by atoms with Crippen LogP contribution in [0.1, 0.15) is 26.7 Å². The monoisotopic (exact) mass is 209 g/mol.